The summed E-state index contributed by atoms with van der Waals surface area (Å²) in [5.74, 6) is 0. The quantitative estimate of drug-likeness (QED) is 0.394. The van der Waals surface area contributed by atoms with Gasteiger partial charge in [0.25, 0.3) is 0 Å². The molecule has 0 N–H and O–H groups in total. The number of hydrogen-bond donors (Lipinski definition) is 0. The molecule has 0 amide bonds. The van der Waals surface area contributed by atoms with E-state index in [-0.39, 0.29) is 3.72 Å². The van der Waals surface area contributed by atoms with E-state index in [0.717, 1.165) is 39.3 Å². The van der Waals surface area contributed by atoms with Crippen molar-refractivity contribution in [1.82, 2.24) is 10.1 Å². The van der Waals surface area contributed by atoms with Gasteiger partial charge < -0.3 is 0 Å². The first-order chi connectivity index (χ1) is 12.1. The summed E-state index contributed by atoms with van der Waals surface area (Å²) in [4.78, 5) is 0. The second-order valence-corrected chi connectivity index (χ2v) is 13.4. The third-order valence-corrected chi connectivity index (χ3v) is 16.0. The third-order valence-electron chi connectivity index (χ3n) is 6.08. The molecule has 0 radical (unpaired) electrons. The van der Waals surface area contributed by atoms with E-state index in [4.69, 9.17) is 0 Å². The molecule has 4 heteroatoms. The summed E-state index contributed by atoms with van der Waals surface area (Å²) in [5, 5.41) is 0. The minimum absolute atomic E-state index is 0.236. The topological polar surface area (TPSA) is 9.72 Å². The van der Waals surface area contributed by atoms with Crippen molar-refractivity contribution in [2.75, 3.05) is 39.3 Å². The van der Waals surface area contributed by atoms with Crippen molar-refractivity contribution in [3.8, 4) is 0 Å². The standard InChI is InChI=1S/C9H13.3C4H10N.Ti/c1-2-3-6-9-7-4-5-8-9;3*1-3-5-4-2;/h4-5,7-8H,2-3,6H2,1H3;3*3-4H2,1-2H3;/q;3*-1;+3. The van der Waals surface area contributed by atoms with E-state index in [0.29, 0.717) is 0 Å². The molecule has 0 bridgehead atoms. The Morgan fingerprint density at radius 1 is 0.640 bits per heavy atom. The van der Waals surface area contributed by atoms with Crippen LogP contribution in [0.15, 0.2) is 24.3 Å². The molecule has 0 unspecified atom stereocenters. The van der Waals surface area contributed by atoms with Gasteiger partial charge in [-0.15, -0.1) is 0 Å². The van der Waals surface area contributed by atoms with Crippen LogP contribution in [0.2, 0.25) is 3.72 Å². The van der Waals surface area contributed by atoms with E-state index in [2.05, 4.69) is 82.9 Å². The molecule has 0 aliphatic heterocycles. The van der Waals surface area contributed by atoms with Crippen molar-refractivity contribution in [2.45, 2.75) is 71.4 Å². The van der Waals surface area contributed by atoms with E-state index in [1.54, 1.807) is 0 Å². The Bertz CT molecular complexity index is 378. The van der Waals surface area contributed by atoms with E-state index < -0.39 is 17.4 Å². The molecule has 0 aromatic heterocycles. The second kappa shape index (κ2) is 11.0. The van der Waals surface area contributed by atoms with Crippen molar-refractivity contribution in [3.63, 3.8) is 0 Å². The van der Waals surface area contributed by atoms with E-state index in [9.17, 15) is 0 Å². The van der Waals surface area contributed by atoms with Crippen molar-refractivity contribution >= 4 is 0 Å². The van der Waals surface area contributed by atoms with Crippen molar-refractivity contribution in [3.05, 3.63) is 24.3 Å². The third kappa shape index (κ3) is 4.16. The van der Waals surface area contributed by atoms with Crippen LogP contribution >= 0.6 is 0 Å². The summed E-state index contributed by atoms with van der Waals surface area (Å²) in [5.41, 5.74) is 0. The summed E-state index contributed by atoms with van der Waals surface area (Å²) in [6.45, 7) is 23.4. The Morgan fingerprint density at radius 2 is 1.00 bits per heavy atom. The van der Waals surface area contributed by atoms with Crippen LogP contribution in [-0.2, 0) is 17.4 Å². The Kier molecular flexibility index (Phi) is 10.2. The van der Waals surface area contributed by atoms with Crippen LogP contribution in [0.1, 0.15) is 67.7 Å². The van der Waals surface area contributed by atoms with Gasteiger partial charge in [0, 0.05) is 0 Å². The fraction of sp³-hybridized carbons (Fsp3) is 0.810. The number of hydrogen-bond acceptors (Lipinski definition) is 3. The molecule has 146 valence electrons. The van der Waals surface area contributed by atoms with Gasteiger partial charge in [-0.1, -0.05) is 0 Å². The van der Waals surface area contributed by atoms with Crippen LogP contribution in [0.25, 0.3) is 0 Å². The molecule has 0 aromatic rings. The van der Waals surface area contributed by atoms with Gasteiger partial charge in [-0.3, -0.25) is 0 Å². The van der Waals surface area contributed by atoms with Gasteiger partial charge in [-0.05, 0) is 0 Å². The van der Waals surface area contributed by atoms with Gasteiger partial charge in [0.05, 0.1) is 0 Å². The Balaban J connectivity index is 3.71. The van der Waals surface area contributed by atoms with Crippen LogP contribution in [0.3, 0.4) is 0 Å². The first kappa shape index (κ1) is 23.1. The van der Waals surface area contributed by atoms with Gasteiger partial charge >= 0.3 is 163 Å². The molecule has 1 aliphatic carbocycles. The Labute approximate surface area is 162 Å². The van der Waals surface area contributed by atoms with Gasteiger partial charge in [-0.25, -0.2) is 0 Å². The molecule has 1 rings (SSSR count). The maximum atomic E-state index is 2.90. The Hall–Kier alpha value is 0.0743. The SMILES string of the molecule is CCCC[C]1([Ti]([N](CC)CC)([N](CC)CC)[N](CC)CC)C=CC=C1. The van der Waals surface area contributed by atoms with Crippen LogP contribution < -0.4 is 0 Å². The monoisotopic (exact) mass is 385 g/mol. The molecule has 3 nitrogen and oxygen atoms in total. The minimum atomic E-state index is -2.82. The summed E-state index contributed by atoms with van der Waals surface area (Å²) in [6, 6.07) is 0. The van der Waals surface area contributed by atoms with Gasteiger partial charge in [0.1, 0.15) is 0 Å². The number of allylic oxidation sites excluding steroid dienone is 4. The first-order valence-corrected chi connectivity index (χ1v) is 13.6. The normalized spacial score (nSPS) is 16.7. The average Bonchev–Trinajstić information content (AvgIpc) is 3.12. The number of nitrogens with zero attached hydrogens (tertiary/aromatic N) is 3. The molecule has 25 heavy (non-hydrogen) atoms. The zero-order valence-electron chi connectivity index (χ0n) is 18.0. The van der Waals surface area contributed by atoms with Gasteiger partial charge in [0.2, 0.25) is 0 Å². The summed E-state index contributed by atoms with van der Waals surface area (Å²) >= 11 is -2.82. The molecular formula is C21H43N3Ti. The van der Waals surface area contributed by atoms with Gasteiger partial charge in [-0.2, -0.15) is 0 Å². The molecule has 0 spiro atoms. The summed E-state index contributed by atoms with van der Waals surface area (Å²) < 4.78 is 8.93. The molecule has 0 saturated carbocycles. The number of rotatable bonds is 13. The van der Waals surface area contributed by atoms with Crippen LogP contribution in [-0.4, -0.2) is 49.4 Å². The van der Waals surface area contributed by atoms with Crippen molar-refractivity contribution in [1.29, 1.82) is 0 Å². The van der Waals surface area contributed by atoms with Crippen LogP contribution in [0.4, 0.5) is 0 Å². The Morgan fingerprint density at radius 3 is 1.28 bits per heavy atom. The number of unbranched alkanes of at least 4 members (excludes halogenated alkanes) is 1. The predicted molar refractivity (Wildman–Crippen MR) is 109 cm³/mol. The van der Waals surface area contributed by atoms with Crippen LogP contribution in [0, 0.1) is 0 Å². The molecule has 0 aromatic carbocycles. The van der Waals surface area contributed by atoms with Crippen molar-refractivity contribution in [2.24, 2.45) is 0 Å². The zero-order chi connectivity index (χ0) is 18.9. The van der Waals surface area contributed by atoms with E-state index >= 15 is 0 Å². The van der Waals surface area contributed by atoms with Crippen molar-refractivity contribution < 1.29 is 17.4 Å². The molecule has 0 heterocycles. The molecule has 0 fully saturated rings. The summed E-state index contributed by atoms with van der Waals surface area (Å²) in [6.07, 6.45) is 13.7. The molecule has 1 aliphatic rings. The van der Waals surface area contributed by atoms with Crippen LogP contribution in [0.5, 0.6) is 0 Å². The first-order valence-electron chi connectivity index (χ1n) is 10.7. The second-order valence-electron chi connectivity index (χ2n) is 7.01. The fourth-order valence-corrected chi connectivity index (χ4v) is 15.6. The fourth-order valence-electron chi connectivity index (χ4n) is 5.01. The van der Waals surface area contributed by atoms with E-state index in [1.807, 2.05) is 0 Å². The molecule has 0 saturated heterocycles. The molecular weight excluding hydrogens is 342 g/mol. The maximum absolute atomic E-state index is 2.90. The van der Waals surface area contributed by atoms with E-state index in [1.165, 1.54) is 19.3 Å². The summed E-state index contributed by atoms with van der Waals surface area (Å²) in [7, 11) is 0. The average molecular weight is 385 g/mol. The zero-order valence-corrected chi connectivity index (χ0v) is 19.6. The van der Waals surface area contributed by atoms with Gasteiger partial charge in [0.15, 0.2) is 0 Å². The molecule has 0 atom stereocenters. The predicted octanol–water partition coefficient (Wildman–Crippen LogP) is 5.39.